The molecule has 1 saturated carbocycles. The lowest BCUT2D eigenvalue weighted by atomic mass is 9.89. The zero-order chi connectivity index (χ0) is 10.5. The van der Waals surface area contributed by atoms with Gasteiger partial charge in [0.25, 0.3) is 0 Å². The average Bonchev–Trinajstić information content (AvgIpc) is 2.42. The van der Waals surface area contributed by atoms with Crippen molar-refractivity contribution in [3.63, 3.8) is 0 Å². The van der Waals surface area contributed by atoms with Gasteiger partial charge in [-0.15, -0.1) is 0 Å². The first-order valence-corrected chi connectivity index (χ1v) is 6.49. The van der Waals surface area contributed by atoms with Gasteiger partial charge in [0.1, 0.15) is 0 Å². The highest BCUT2D eigenvalue weighted by Gasteiger charge is 2.30. The van der Waals surface area contributed by atoms with Crippen molar-refractivity contribution in [1.82, 2.24) is 10.2 Å². The number of aliphatic hydroxyl groups is 1. The maximum atomic E-state index is 9.15. The molecule has 1 heterocycles. The predicted octanol–water partition coefficient (Wildman–Crippen LogP) is 0.975. The molecule has 0 aromatic heterocycles. The van der Waals surface area contributed by atoms with Gasteiger partial charge in [-0.3, -0.25) is 4.90 Å². The monoisotopic (exact) mass is 212 g/mol. The number of rotatable bonds is 4. The summed E-state index contributed by atoms with van der Waals surface area (Å²) < 4.78 is 0. The van der Waals surface area contributed by atoms with Crippen molar-refractivity contribution in [3.8, 4) is 0 Å². The van der Waals surface area contributed by atoms with Crippen molar-refractivity contribution in [2.24, 2.45) is 0 Å². The van der Waals surface area contributed by atoms with Crippen molar-refractivity contribution in [1.29, 1.82) is 0 Å². The van der Waals surface area contributed by atoms with Gasteiger partial charge in [0.2, 0.25) is 0 Å². The SMILES string of the molecule is OCCN(C1CCC1)C1CCCNCC1. The van der Waals surface area contributed by atoms with Crippen molar-refractivity contribution >= 4 is 0 Å². The van der Waals surface area contributed by atoms with Crippen LogP contribution in [0.1, 0.15) is 38.5 Å². The summed E-state index contributed by atoms with van der Waals surface area (Å²) >= 11 is 0. The van der Waals surface area contributed by atoms with E-state index in [1.807, 2.05) is 0 Å². The number of nitrogens with zero attached hydrogens (tertiary/aromatic N) is 1. The van der Waals surface area contributed by atoms with E-state index in [9.17, 15) is 0 Å². The van der Waals surface area contributed by atoms with Crippen LogP contribution >= 0.6 is 0 Å². The van der Waals surface area contributed by atoms with E-state index in [2.05, 4.69) is 10.2 Å². The first-order chi connectivity index (χ1) is 7.42. The molecule has 0 radical (unpaired) electrons. The number of nitrogens with one attached hydrogen (secondary N) is 1. The van der Waals surface area contributed by atoms with Crippen LogP contribution in [0, 0.1) is 0 Å². The van der Waals surface area contributed by atoms with Gasteiger partial charge in [-0.1, -0.05) is 6.42 Å². The quantitative estimate of drug-likeness (QED) is 0.729. The standard InChI is InChI=1S/C12H24N2O/c15-10-9-14(11-3-1-4-11)12-5-2-7-13-8-6-12/h11-13,15H,1-10H2. The summed E-state index contributed by atoms with van der Waals surface area (Å²) in [5.74, 6) is 0. The molecule has 2 rings (SSSR count). The van der Waals surface area contributed by atoms with Gasteiger partial charge < -0.3 is 10.4 Å². The first-order valence-electron chi connectivity index (χ1n) is 6.49. The first kappa shape index (κ1) is 11.4. The lowest BCUT2D eigenvalue weighted by Gasteiger charge is -2.42. The van der Waals surface area contributed by atoms with E-state index in [4.69, 9.17) is 5.11 Å². The van der Waals surface area contributed by atoms with Crippen molar-refractivity contribution in [2.45, 2.75) is 50.6 Å². The van der Waals surface area contributed by atoms with Crippen LogP contribution < -0.4 is 5.32 Å². The Kier molecular flexibility index (Phi) is 4.42. The highest BCUT2D eigenvalue weighted by molar-refractivity contribution is 4.86. The van der Waals surface area contributed by atoms with Crippen LogP contribution in [0.2, 0.25) is 0 Å². The minimum atomic E-state index is 0.320. The minimum absolute atomic E-state index is 0.320. The molecule has 1 aliphatic carbocycles. The van der Waals surface area contributed by atoms with Gasteiger partial charge in [-0.25, -0.2) is 0 Å². The van der Waals surface area contributed by atoms with Gasteiger partial charge >= 0.3 is 0 Å². The molecule has 3 heteroatoms. The second-order valence-corrected chi connectivity index (χ2v) is 4.88. The summed E-state index contributed by atoms with van der Waals surface area (Å²) in [6.07, 6.45) is 7.95. The molecule has 0 aromatic rings. The van der Waals surface area contributed by atoms with Gasteiger partial charge in [0.05, 0.1) is 6.61 Å². The third kappa shape index (κ3) is 2.92. The molecular weight excluding hydrogens is 188 g/mol. The molecule has 0 spiro atoms. The molecule has 1 atom stereocenters. The molecule has 2 N–H and O–H groups in total. The van der Waals surface area contributed by atoms with Gasteiger partial charge in [0.15, 0.2) is 0 Å². The summed E-state index contributed by atoms with van der Waals surface area (Å²) in [6, 6.07) is 1.50. The third-order valence-electron chi connectivity index (χ3n) is 3.92. The molecule has 15 heavy (non-hydrogen) atoms. The Bertz CT molecular complexity index is 174. The van der Waals surface area contributed by atoms with Gasteiger partial charge in [-0.05, 0) is 45.2 Å². The summed E-state index contributed by atoms with van der Waals surface area (Å²) in [5, 5.41) is 12.6. The summed E-state index contributed by atoms with van der Waals surface area (Å²) in [6.45, 7) is 3.53. The van der Waals surface area contributed by atoms with E-state index in [1.54, 1.807) is 0 Å². The van der Waals surface area contributed by atoms with E-state index >= 15 is 0 Å². The molecule has 2 fully saturated rings. The van der Waals surface area contributed by atoms with Crippen LogP contribution in [0.3, 0.4) is 0 Å². The van der Waals surface area contributed by atoms with Gasteiger partial charge in [0, 0.05) is 18.6 Å². The topological polar surface area (TPSA) is 35.5 Å². The van der Waals surface area contributed by atoms with E-state index < -0.39 is 0 Å². The fourth-order valence-corrected chi connectivity index (χ4v) is 2.83. The zero-order valence-electron chi connectivity index (χ0n) is 9.62. The summed E-state index contributed by atoms with van der Waals surface area (Å²) in [4.78, 5) is 2.58. The third-order valence-corrected chi connectivity index (χ3v) is 3.92. The maximum Gasteiger partial charge on any atom is 0.0558 e. The highest BCUT2D eigenvalue weighted by Crippen LogP contribution is 2.28. The van der Waals surface area contributed by atoms with Crippen LogP contribution in [0.25, 0.3) is 0 Å². The van der Waals surface area contributed by atoms with Crippen molar-refractivity contribution in [3.05, 3.63) is 0 Å². The Labute approximate surface area is 92.8 Å². The number of hydrogen-bond acceptors (Lipinski definition) is 3. The molecule has 1 aliphatic heterocycles. The van der Waals surface area contributed by atoms with E-state index in [0.717, 1.165) is 25.2 Å². The fraction of sp³-hybridized carbons (Fsp3) is 1.00. The Hall–Kier alpha value is -0.120. The van der Waals surface area contributed by atoms with E-state index in [0.29, 0.717) is 6.61 Å². The predicted molar refractivity (Wildman–Crippen MR) is 61.9 cm³/mol. The molecule has 0 amide bonds. The molecule has 1 saturated heterocycles. The normalized spacial score (nSPS) is 28.8. The van der Waals surface area contributed by atoms with Crippen LogP contribution in [-0.4, -0.2) is 48.3 Å². The number of hydrogen-bond donors (Lipinski definition) is 2. The van der Waals surface area contributed by atoms with E-state index in [1.165, 1.54) is 45.1 Å². The summed E-state index contributed by atoms with van der Waals surface area (Å²) in [7, 11) is 0. The fourth-order valence-electron chi connectivity index (χ4n) is 2.83. The van der Waals surface area contributed by atoms with Crippen molar-refractivity contribution in [2.75, 3.05) is 26.2 Å². The van der Waals surface area contributed by atoms with Crippen LogP contribution in [0.5, 0.6) is 0 Å². The minimum Gasteiger partial charge on any atom is -0.395 e. The largest absolute Gasteiger partial charge is 0.395 e. The van der Waals surface area contributed by atoms with Crippen LogP contribution in [0.15, 0.2) is 0 Å². The maximum absolute atomic E-state index is 9.15. The Morgan fingerprint density at radius 3 is 2.40 bits per heavy atom. The Morgan fingerprint density at radius 2 is 1.73 bits per heavy atom. The summed E-state index contributed by atoms with van der Waals surface area (Å²) in [5.41, 5.74) is 0. The second kappa shape index (κ2) is 5.83. The highest BCUT2D eigenvalue weighted by atomic mass is 16.3. The lowest BCUT2D eigenvalue weighted by Crippen LogP contribution is -2.48. The molecule has 1 unspecified atom stereocenters. The Balaban J connectivity index is 1.88. The van der Waals surface area contributed by atoms with Crippen molar-refractivity contribution < 1.29 is 5.11 Å². The molecule has 3 nitrogen and oxygen atoms in total. The number of aliphatic hydroxyl groups excluding tert-OH is 1. The molecule has 2 aliphatic rings. The Morgan fingerprint density at radius 1 is 1.00 bits per heavy atom. The van der Waals surface area contributed by atoms with Crippen LogP contribution in [-0.2, 0) is 0 Å². The molecular formula is C12H24N2O. The van der Waals surface area contributed by atoms with Gasteiger partial charge in [-0.2, -0.15) is 0 Å². The lowest BCUT2D eigenvalue weighted by molar-refractivity contribution is 0.0544. The van der Waals surface area contributed by atoms with E-state index in [-0.39, 0.29) is 0 Å². The van der Waals surface area contributed by atoms with Crippen LogP contribution in [0.4, 0.5) is 0 Å². The smallest absolute Gasteiger partial charge is 0.0558 e. The molecule has 0 bridgehead atoms. The molecule has 0 aromatic carbocycles. The zero-order valence-corrected chi connectivity index (χ0v) is 9.62. The molecule has 88 valence electrons. The average molecular weight is 212 g/mol. The second-order valence-electron chi connectivity index (χ2n) is 4.88.